The monoisotopic (exact) mass is 387 g/mol. The lowest BCUT2D eigenvalue weighted by Crippen LogP contribution is -2.50. The summed E-state index contributed by atoms with van der Waals surface area (Å²) in [6, 6.07) is 5.51. The summed E-state index contributed by atoms with van der Waals surface area (Å²) < 4.78 is 5.09. The molecule has 2 saturated heterocycles. The molecule has 1 aromatic carbocycles. The summed E-state index contributed by atoms with van der Waals surface area (Å²) in [5.74, 6) is -0.495. The molecule has 2 atom stereocenters. The third kappa shape index (κ3) is 4.46. The van der Waals surface area contributed by atoms with Crippen LogP contribution < -0.4 is 10.2 Å². The van der Waals surface area contributed by atoms with Gasteiger partial charge in [-0.2, -0.15) is 0 Å². The summed E-state index contributed by atoms with van der Waals surface area (Å²) in [5, 5.41) is 2.97. The van der Waals surface area contributed by atoms with Crippen LogP contribution in [0.2, 0.25) is 0 Å². The number of anilines is 1. The molecule has 0 spiro atoms. The molecule has 3 rings (SSSR count). The number of aryl methyl sites for hydroxylation is 2. The summed E-state index contributed by atoms with van der Waals surface area (Å²) >= 11 is 0. The van der Waals surface area contributed by atoms with E-state index in [2.05, 4.69) is 5.32 Å². The van der Waals surface area contributed by atoms with E-state index >= 15 is 0 Å². The lowest BCUT2D eigenvalue weighted by molar-refractivity contribution is -0.149. The highest BCUT2D eigenvalue weighted by Crippen LogP contribution is 2.24. The van der Waals surface area contributed by atoms with Crippen molar-refractivity contribution in [3.63, 3.8) is 0 Å². The fourth-order valence-corrected chi connectivity index (χ4v) is 3.83. The highest BCUT2D eigenvalue weighted by Gasteiger charge is 2.34. The van der Waals surface area contributed by atoms with Crippen LogP contribution >= 0.6 is 0 Å². The normalized spacial score (nSPS) is 22.3. The number of piperidine rings is 1. The highest BCUT2D eigenvalue weighted by atomic mass is 16.5. The Bertz CT molecular complexity index is 764. The van der Waals surface area contributed by atoms with Crippen LogP contribution in [0.25, 0.3) is 0 Å². The Kier molecular flexibility index (Phi) is 6.21. The summed E-state index contributed by atoms with van der Waals surface area (Å²) in [6.07, 6.45) is 1.80. The van der Waals surface area contributed by atoms with Gasteiger partial charge in [0.1, 0.15) is 0 Å². The van der Waals surface area contributed by atoms with Crippen molar-refractivity contribution in [1.29, 1.82) is 0 Å². The number of esters is 1. The molecule has 2 fully saturated rings. The topological polar surface area (TPSA) is 79.0 Å². The number of carbonyl (C=O) groups excluding carboxylic acids is 3. The third-order valence-electron chi connectivity index (χ3n) is 5.58. The van der Waals surface area contributed by atoms with Gasteiger partial charge in [-0.3, -0.25) is 9.59 Å². The number of nitrogens with zero attached hydrogens (tertiary/aromatic N) is 2. The van der Waals surface area contributed by atoms with E-state index in [1.807, 2.05) is 32.0 Å². The Morgan fingerprint density at radius 2 is 2.00 bits per heavy atom. The van der Waals surface area contributed by atoms with Crippen LogP contribution in [0.1, 0.15) is 37.3 Å². The Hall–Kier alpha value is -2.57. The first-order valence-corrected chi connectivity index (χ1v) is 9.98. The van der Waals surface area contributed by atoms with Crippen LogP contribution in [0.4, 0.5) is 10.5 Å². The smallest absolute Gasteiger partial charge is 0.317 e. The van der Waals surface area contributed by atoms with Gasteiger partial charge in [0.25, 0.3) is 0 Å². The van der Waals surface area contributed by atoms with E-state index in [1.165, 1.54) is 5.56 Å². The molecule has 0 saturated carbocycles. The summed E-state index contributed by atoms with van der Waals surface area (Å²) in [5.41, 5.74) is 3.18. The second kappa shape index (κ2) is 8.63. The zero-order chi connectivity index (χ0) is 20.3. The van der Waals surface area contributed by atoms with Crippen LogP contribution in [0.15, 0.2) is 18.2 Å². The van der Waals surface area contributed by atoms with E-state index in [1.54, 1.807) is 16.7 Å². The molecule has 7 heteroatoms. The van der Waals surface area contributed by atoms with E-state index in [-0.39, 0.29) is 36.3 Å². The first-order valence-electron chi connectivity index (χ1n) is 9.98. The fourth-order valence-electron chi connectivity index (χ4n) is 3.83. The molecule has 0 radical (unpaired) electrons. The molecule has 2 aliphatic heterocycles. The predicted molar refractivity (Wildman–Crippen MR) is 106 cm³/mol. The van der Waals surface area contributed by atoms with E-state index in [9.17, 15) is 14.4 Å². The van der Waals surface area contributed by atoms with Crippen molar-refractivity contribution < 1.29 is 19.1 Å². The van der Waals surface area contributed by atoms with E-state index in [0.29, 0.717) is 26.2 Å². The van der Waals surface area contributed by atoms with Gasteiger partial charge in [-0.15, -0.1) is 0 Å². The maximum absolute atomic E-state index is 12.7. The molecule has 2 aliphatic rings. The largest absolute Gasteiger partial charge is 0.466 e. The molecule has 7 nitrogen and oxygen atoms in total. The zero-order valence-corrected chi connectivity index (χ0v) is 16.9. The first kappa shape index (κ1) is 20.2. The van der Waals surface area contributed by atoms with Crippen molar-refractivity contribution >= 4 is 23.6 Å². The molecule has 0 bridgehead atoms. The quantitative estimate of drug-likeness (QED) is 0.805. The first-order chi connectivity index (χ1) is 13.4. The standard InChI is InChI=1S/C21H29N3O4/c1-4-28-20(26)16-6-5-9-23(12-16)21(27)22-17-11-19(25)24(13-17)18-8-7-14(2)15(3)10-18/h7-8,10,16-17H,4-6,9,11-13H2,1-3H3,(H,22,27)/t16-,17+/m1/s1. The van der Waals surface area contributed by atoms with Crippen molar-refractivity contribution in [2.45, 2.75) is 46.1 Å². The summed E-state index contributed by atoms with van der Waals surface area (Å²) in [4.78, 5) is 40.5. The fraction of sp³-hybridized carbons (Fsp3) is 0.571. The summed E-state index contributed by atoms with van der Waals surface area (Å²) in [6.45, 7) is 7.63. The Balaban J connectivity index is 1.58. The van der Waals surface area contributed by atoms with Crippen molar-refractivity contribution in [2.75, 3.05) is 31.1 Å². The van der Waals surface area contributed by atoms with E-state index in [4.69, 9.17) is 4.74 Å². The van der Waals surface area contributed by atoms with Gasteiger partial charge in [0.15, 0.2) is 0 Å². The number of benzene rings is 1. The van der Waals surface area contributed by atoms with Crippen molar-refractivity contribution in [3.8, 4) is 0 Å². The van der Waals surface area contributed by atoms with Crippen molar-refractivity contribution in [1.82, 2.24) is 10.2 Å². The number of urea groups is 1. The van der Waals surface area contributed by atoms with E-state index in [0.717, 1.165) is 24.1 Å². The van der Waals surface area contributed by atoms with E-state index < -0.39 is 0 Å². The predicted octanol–water partition coefficient (Wildman–Crippen LogP) is 2.39. The minimum absolute atomic E-state index is 0.0107. The van der Waals surface area contributed by atoms with Crippen LogP contribution in [0.5, 0.6) is 0 Å². The number of amides is 3. The lowest BCUT2D eigenvalue weighted by atomic mass is 9.98. The second-order valence-electron chi connectivity index (χ2n) is 7.66. The van der Waals surface area contributed by atoms with Gasteiger partial charge in [-0.05, 0) is 56.9 Å². The molecular weight excluding hydrogens is 358 g/mol. The summed E-state index contributed by atoms with van der Waals surface area (Å²) in [7, 11) is 0. The highest BCUT2D eigenvalue weighted by molar-refractivity contribution is 5.97. The molecular formula is C21H29N3O4. The van der Waals surface area contributed by atoms with Crippen LogP contribution in [-0.2, 0) is 14.3 Å². The molecule has 3 amide bonds. The van der Waals surface area contributed by atoms with Crippen LogP contribution in [-0.4, -0.2) is 55.1 Å². The van der Waals surface area contributed by atoms with Gasteiger partial charge < -0.3 is 19.9 Å². The average Bonchev–Trinajstić information content (AvgIpc) is 3.04. The number of likely N-dealkylation sites (tertiary alicyclic amines) is 1. The number of hydrogen-bond acceptors (Lipinski definition) is 4. The maximum Gasteiger partial charge on any atom is 0.317 e. The number of rotatable bonds is 4. The van der Waals surface area contributed by atoms with Gasteiger partial charge in [0.05, 0.1) is 18.6 Å². The van der Waals surface area contributed by atoms with Gasteiger partial charge in [0, 0.05) is 31.7 Å². The van der Waals surface area contributed by atoms with Gasteiger partial charge in [-0.25, -0.2) is 4.79 Å². The minimum atomic E-state index is -0.267. The Morgan fingerprint density at radius 1 is 1.21 bits per heavy atom. The van der Waals surface area contributed by atoms with Gasteiger partial charge >= 0.3 is 12.0 Å². The molecule has 1 N–H and O–H groups in total. The van der Waals surface area contributed by atoms with Crippen LogP contribution in [0, 0.1) is 19.8 Å². The number of carbonyl (C=O) groups is 3. The average molecular weight is 387 g/mol. The van der Waals surface area contributed by atoms with Crippen LogP contribution in [0.3, 0.4) is 0 Å². The molecule has 28 heavy (non-hydrogen) atoms. The Morgan fingerprint density at radius 3 is 2.71 bits per heavy atom. The van der Waals surface area contributed by atoms with Gasteiger partial charge in [0.2, 0.25) is 5.91 Å². The molecule has 152 valence electrons. The number of ether oxygens (including phenoxy) is 1. The van der Waals surface area contributed by atoms with Crippen molar-refractivity contribution in [2.24, 2.45) is 5.92 Å². The zero-order valence-electron chi connectivity index (χ0n) is 16.9. The molecule has 2 heterocycles. The number of hydrogen-bond donors (Lipinski definition) is 1. The van der Waals surface area contributed by atoms with Gasteiger partial charge in [-0.1, -0.05) is 6.07 Å². The maximum atomic E-state index is 12.7. The molecule has 0 aliphatic carbocycles. The minimum Gasteiger partial charge on any atom is -0.466 e. The number of nitrogens with one attached hydrogen (secondary N) is 1. The SMILES string of the molecule is CCOC(=O)[C@@H]1CCCN(C(=O)N[C@H]2CC(=O)N(c3ccc(C)c(C)c3)C2)C1. The molecule has 0 unspecified atom stereocenters. The van der Waals surface area contributed by atoms with Crippen molar-refractivity contribution in [3.05, 3.63) is 29.3 Å². The molecule has 1 aromatic rings. The Labute approximate surface area is 166 Å². The third-order valence-corrected chi connectivity index (χ3v) is 5.58. The second-order valence-corrected chi connectivity index (χ2v) is 7.66. The molecule has 0 aromatic heterocycles. The lowest BCUT2D eigenvalue weighted by Gasteiger charge is -2.32.